The molecule has 3 rings (SSSR count). The van der Waals surface area contributed by atoms with E-state index in [0.29, 0.717) is 26.2 Å². The number of phenols is 1. The van der Waals surface area contributed by atoms with Crippen molar-refractivity contribution in [2.45, 2.75) is 0 Å². The van der Waals surface area contributed by atoms with Crippen LogP contribution in [0.25, 0.3) is 6.08 Å². The van der Waals surface area contributed by atoms with Crippen molar-refractivity contribution >= 4 is 51.7 Å². The van der Waals surface area contributed by atoms with E-state index in [0.717, 1.165) is 11.8 Å². The van der Waals surface area contributed by atoms with Crippen molar-refractivity contribution in [3.05, 3.63) is 63.0 Å². The number of carbonyl (C=O) groups is 1. The number of aromatic hydroxyl groups is 1. The van der Waals surface area contributed by atoms with Gasteiger partial charge in [0.25, 0.3) is 11.6 Å². The third-order valence-electron chi connectivity index (χ3n) is 3.61. The number of methoxy groups -OCH3 is 1. The fourth-order valence-electron chi connectivity index (χ4n) is 2.35. The minimum absolute atomic E-state index is 0.00285. The first-order valence-electron chi connectivity index (χ1n) is 7.30. The van der Waals surface area contributed by atoms with Crippen LogP contribution in [0.1, 0.15) is 5.56 Å². The number of thioether (sulfide) groups is 1. The van der Waals surface area contributed by atoms with Gasteiger partial charge in [0.15, 0.2) is 15.8 Å². The number of ether oxygens (including phenoxy) is 1. The van der Waals surface area contributed by atoms with E-state index in [4.69, 9.17) is 17.0 Å². The Morgan fingerprint density at radius 2 is 1.96 bits per heavy atom. The molecule has 1 fully saturated rings. The smallest absolute Gasteiger partial charge is 0.270 e. The summed E-state index contributed by atoms with van der Waals surface area (Å²) in [5, 5.41) is 20.4. The highest BCUT2D eigenvalue weighted by Crippen LogP contribution is 2.37. The molecule has 1 heterocycles. The number of benzene rings is 2. The number of hydrogen-bond donors (Lipinski definition) is 1. The van der Waals surface area contributed by atoms with Crippen LogP contribution in [-0.4, -0.2) is 27.4 Å². The van der Waals surface area contributed by atoms with Gasteiger partial charge in [-0.05, 0) is 35.9 Å². The third kappa shape index (κ3) is 3.39. The molecule has 1 aliphatic heterocycles. The number of thiocarbonyl (C=S) groups is 1. The number of carbonyl (C=O) groups excluding carboxylic acids is 1. The molecule has 9 heteroatoms. The van der Waals surface area contributed by atoms with Crippen molar-refractivity contribution in [1.29, 1.82) is 0 Å². The van der Waals surface area contributed by atoms with Crippen molar-refractivity contribution < 1.29 is 19.6 Å². The van der Waals surface area contributed by atoms with Crippen LogP contribution in [0.4, 0.5) is 11.4 Å². The number of nitro benzene ring substituents is 1. The summed E-state index contributed by atoms with van der Waals surface area (Å²) in [6, 6.07) is 10.3. The maximum Gasteiger partial charge on any atom is 0.270 e. The van der Waals surface area contributed by atoms with Crippen LogP contribution < -0.4 is 9.64 Å². The van der Waals surface area contributed by atoms with E-state index in [9.17, 15) is 20.0 Å². The molecule has 0 bridgehead atoms. The normalized spacial score (nSPS) is 15.6. The molecule has 0 spiro atoms. The van der Waals surface area contributed by atoms with Gasteiger partial charge in [0.2, 0.25) is 0 Å². The molecular weight excluding hydrogens is 376 g/mol. The van der Waals surface area contributed by atoms with E-state index in [1.807, 2.05) is 0 Å². The Balaban J connectivity index is 1.90. The van der Waals surface area contributed by atoms with Gasteiger partial charge in [-0.2, -0.15) is 0 Å². The lowest BCUT2D eigenvalue weighted by atomic mass is 10.2. The number of amides is 1. The van der Waals surface area contributed by atoms with E-state index in [2.05, 4.69) is 0 Å². The molecule has 26 heavy (non-hydrogen) atoms. The number of nitro groups is 1. The molecule has 7 nitrogen and oxygen atoms in total. The second-order valence-corrected chi connectivity index (χ2v) is 6.90. The predicted molar refractivity (Wildman–Crippen MR) is 103 cm³/mol. The molecule has 2 aromatic carbocycles. The Morgan fingerprint density at radius 1 is 1.27 bits per heavy atom. The summed E-state index contributed by atoms with van der Waals surface area (Å²) < 4.78 is 5.39. The summed E-state index contributed by atoms with van der Waals surface area (Å²) in [5.41, 5.74) is 1.07. The number of anilines is 1. The average Bonchev–Trinajstić information content (AvgIpc) is 2.90. The Hall–Kier alpha value is -2.91. The molecule has 0 saturated carbocycles. The summed E-state index contributed by atoms with van der Waals surface area (Å²) >= 11 is 6.41. The van der Waals surface area contributed by atoms with Crippen LogP contribution in [0.2, 0.25) is 0 Å². The van der Waals surface area contributed by atoms with Crippen LogP contribution in [0, 0.1) is 10.1 Å². The highest BCUT2D eigenvalue weighted by Gasteiger charge is 2.33. The number of phenolic OH excluding ortho intramolecular Hbond substituents is 1. The minimum atomic E-state index is -0.508. The summed E-state index contributed by atoms with van der Waals surface area (Å²) in [4.78, 5) is 24.7. The van der Waals surface area contributed by atoms with E-state index >= 15 is 0 Å². The summed E-state index contributed by atoms with van der Waals surface area (Å²) in [6.07, 6.45) is 1.65. The molecule has 0 aliphatic carbocycles. The molecule has 0 unspecified atom stereocenters. The number of rotatable bonds is 4. The lowest BCUT2D eigenvalue weighted by Gasteiger charge is -2.13. The first-order valence-corrected chi connectivity index (χ1v) is 8.52. The third-order valence-corrected chi connectivity index (χ3v) is 4.92. The monoisotopic (exact) mass is 388 g/mol. The van der Waals surface area contributed by atoms with Gasteiger partial charge < -0.3 is 9.84 Å². The van der Waals surface area contributed by atoms with Gasteiger partial charge in [-0.1, -0.05) is 30.0 Å². The van der Waals surface area contributed by atoms with Crippen molar-refractivity contribution in [2.24, 2.45) is 0 Å². The topological polar surface area (TPSA) is 92.9 Å². The van der Waals surface area contributed by atoms with Crippen molar-refractivity contribution in [2.75, 3.05) is 12.0 Å². The Kier molecular flexibility index (Phi) is 4.92. The van der Waals surface area contributed by atoms with Gasteiger partial charge in [-0.15, -0.1) is 0 Å². The minimum Gasteiger partial charge on any atom is -0.504 e. The molecular formula is C17H12N2O5S2. The highest BCUT2D eigenvalue weighted by molar-refractivity contribution is 8.27. The van der Waals surface area contributed by atoms with Crippen LogP contribution in [0.3, 0.4) is 0 Å². The Labute approximate surface area is 158 Å². The van der Waals surface area contributed by atoms with Gasteiger partial charge in [-0.25, -0.2) is 0 Å². The first kappa shape index (κ1) is 17.9. The zero-order chi connectivity index (χ0) is 18.8. The highest BCUT2D eigenvalue weighted by atomic mass is 32.2. The van der Waals surface area contributed by atoms with Crippen molar-refractivity contribution in [3.8, 4) is 11.5 Å². The lowest BCUT2D eigenvalue weighted by molar-refractivity contribution is -0.384. The number of hydrogen-bond acceptors (Lipinski definition) is 7. The molecule has 1 saturated heterocycles. The van der Waals surface area contributed by atoms with Gasteiger partial charge in [0, 0.05) is 12.1 Å². The Bertz CT molecular complexity index is 941. The second kappa shape index (κ2) is 7.14. The predicted octanol–water partition coefficient (Wildman–Crippen LogP) is 3.71. The average molecular weight is 388 g/mol. The largest absolute Gasteiger partial charge is 0.504 e. The molecule has 1 aliphatic rings. The summed E-state index contributed by atoms with van der Waals surface area (Å²) in [7, 11) is 1.44. The van der Waals surface area contributed by atoms with E-state index in [-0.39, 0.29) is 17.3 Å². The first-order chi connectivity index (χ1) is 12.4. The molecule has 132 valence electrons. The van der Waals surface area contributed by atoms with Crippen LogP contribution in [-0.2, 0) is 4.79 Å². The van der Waals surface area contributed by atoms with Gasteiger partial charge in [0.05, 0.1) is 22.6 Å². The van der Waals surface area contributed by atoms with Gasteiger partial charge in [0.1, 0.15) is 0 Å². The Morgan fingerprint density at radius 3 is 2.58 bits per heavy atom. The maximum absolute atomic E-state index is 12.7. The fourth-order valence-corrected chi connectivity index (χ4v) is 3.65. The standard InChI is InChI=1S/C17H12N2O5S2/c1-24-14-8-10(2-7-13(14)20)9-15-16(21)18(17(25)26-15)11-3-5-12(6-4-11)19(22)23/h2-9,20H,1H3. The molecule has 1 N–H and O–H groups in total. The van der Waals surface area contributed by atoms with Crippen LogP contribution in [0.5, 0.6) is 11.5 Å². The van der Waals surface area contributed by atoms with Crippen LogP contribution >= 0.6 is 24.0 Å². The van der Waals surface area contributed by atoms with E-state index in [1.54, 1.807) is 18.2 Å². The van der Waals surface area contributed by atoms with E-state index in [1.165, 1.54) is 42.3 Å². The zero-order valence-corrected chi connectivity index (χ0v) is 15.0. The van der Waals surface area contributed by atoms with Gasteiger partial charge in [-0.3, -0.25) is 19.8 Å². The summed E-state index contributed by atoms with van der Waals surface area (Å²) in [6.45, 7) is 0. The molecule has 0 radical (unpaired) electrons. The molecule has 1 amide bonds. The van der Waals surface area contributed by atoms with Gasteiger partial charge >= 0.3 is 0 Å². The van der Waals surface area contributed by atoms with Crippen molar-refractivity contribution in [1.82, 2.24) is 0 Å². The maximum atomic E-state index is 12.7. The number of nitrogens with zero attached hydrogens (tertiary/aromatic N) is 2. The second-order valence-electron chi connectivity index (χ2n) is 5.22. The molecule has 2 aromatic rings. The quantitative estimate of drug-likeness (QED) is 0.369. The van der Waals surface area contributed by atoms with Crippen LogP contribution in [0.15, 0.2) is 47.4 Å². The SMILES string of the molecule is COc1cc(C=C2SC(=S)N(c3ccc([N+](=O)[O-])cc3)C2=O)ccc1O. The van der Waals surface area contributed by atoms with E-state index < -0.39 is 4.92 Å². The summed E-state index contributed by atoms with van der Waals surface area (Å²) in [5.74, 6) is -0.0198. The molecule has 0 atom stereocenters. The lowest BCUT2D eigenvalue weighted by Crippen LogP contribution is -2.27. The van der Waals surface area contributed by atoms with Crippen molar-refractivity contribution in [3.63, 3.8) is 0 Å². The fraction of sp³-hybridized carbons (Fsp3) is 0.0588. The molecule has 0 aromatic heterocycles. The zero-order valence-electron chi connectivity index (χ0n) is 13.4. The number of non-ortho nitro benzene ring substituents is 1.